The fourth-order valence-corrected chi connectivity index (χ4v) is 4.17. The Balaban J connectivity index is 0.00000192. The van der Waals surface area contributed by atoms with Crippen LogP contribution in [0.1, 0.15) is 49.7 Å². The molecule has 5 rings (SSSR count). The zero-order valence-corrected chi connectivity index (χ0v) is 16.2. The Morgan fingerprint density at radius 3 is 2.68 bits per heavy atom. The molecule has 1 aromatic carbocycles. The topological polar surface area (TPSA) is 104 Å². The Kier molecular flexibility index (Phi) is 4.93. The monoisotopic (exact) mass is 406 g/mol. The third kappa shape index (κ3) is 3.10. The molecule has 1 unspecified atom stereocenters. The summed E-state index contributed by atoms with van der Waals surface area (Å²) in [6, 6.07) is 5.56. The molecule has 150 valence electrons. The maximum atomic E-state index is 13.0. The van der Waals surface area contributed by atoms with Crippen LogP contribution in [0.25, 0.3) is 0 Å². The normalized spacial score (nSPS) is 23.0. The average Bonchev–Trinajstić information content (AvgIpc) is 3.41. The van der Waals surface area contributed by atoms with Gasteiger partial charge in [0.15, 0.2) is 17.3 Å². The number of halogens is 1. The van der Waals surface area contributed by atoms with E-state index < -0.39 is 11.5 Å². The van der Waals surface area contributed by atoms with Crippen LogP contribution in [0.15, 0.2) is 22.7 Å². The first kappa shape index (κ1) is 19.0. The van der Waals surface area contributed by atoms with E-state index in [4.69, 9.17) is 19.7 Å². The highest BCUT2D eigenvalue weighted by Crippen LogP contribution is 2.39. The van der Waals surface area contributed by atoms with Crippen molar-refractivity contribution in [2.75, 3.05) is 24.7 Å². The summed E-state index contributed by atoms with van der Waals surface area (Å²) in [5.74, 6) is 1.80. The maximum Gasteiger partial charge on any atom is 0.239 e. The molecule has 0 radical (unpaired) electrons. The van der Waals surface area contributed by atoms with Gasteiger partial charge < -0.3 is 24.6 Å². The van der Waals surface area contributed by atoms with Crippen molar-refractivity contribution >= 4 is 24.0 Å². The average molecular weight is 407 g/mol. The molecule has 28 heavy (non-hydrogen) atoms. The standard InChI is InChI=1S/C19H22N4O4.ClH/c20-19(6-1-2-7-19)18-21-16(27-22-18)13-5-8-23(17(13)24)12-3-4-14-15(11-12)26-10-9-25-14;/h3-4,11,13H,1-2,5-10,20H2;1H. The number of aromatic nitrogens is 2. The van der Waals surface area contributed by atoms with Gasteiger partial charge in [0.1, 0.15) is 19.1 Å². The van der Waals surface area contributed by atoms with Gasteiger partial charge in [-0.1, -0.05) is 18.0 Å². The van der Waals surface area contributed by atoms with Crippen molar-refractivity contribution < 1.29 is 18.8 Å². The van der Waals surface area contributed by atoms with E-state index in [1.165, 1.54) is 0 Å². The van der Waals surface area contributed by atoms with Crippen molar-refractivity contribution in [1.82, 2.24) is 10.1 Å². The quantitative estimate of drug-likeness (QED) is 0.834. The van der Waals surface area contributed by atoms with Gasteiger partial charge in [0.25, 0.3) is 0 Å². The number of carbonyl (C=O) groups excluding carboxylic acids is 1. The number of amides is 1. The first-order valence-corrected chi connectivity index (χ1v) is 9.48. The molecule has 9 heteroatoms. The summed E-state index contributed by atoms with van der Waals surface area (Å²) in [6.45, 7) is 1.65. The maximum absolute atomic E-state index is 13.0. The molecule has 2 aromatic rings. The van der Waals surface area contributed by atoms with Gasteiger partial charge in [-0.2, -0.15) is 4.98 Å². The van der Waals surface area contributed by atoms with E-state index in [1.807, 2.05) is 18.2 Å². The minimum absolute atomic E-state index is 0. The van der Waals surface area contributed by atoms with E-state index in [2.05, 4.69) is 10.1 Å². The van der Waals surface area contributed by atoms with Gasteiger partial charge in [-0.3, -0.25) is 4.79 Å². The zero-order chi connectivity index (χ0) is 18.4. The van der Waals surface area contributed by atoms with Gasteiger partial charge in [0, 0.05) is 18.3 Å². The molecule has 1 amide bonds. The minimum Gasteiger partial charge on any atom is -0.486 e. The van der Waals surface area contributed by atoms with E-state index >= 15 is 0 Å². The highest BCUT2D eigenvalue weighted by atomic mass is 35.5. The molecule has 0 spiro atoms. The molecule has 2 aliphatic heterocycles. The first-order valence-electron chi connectivity index (χ1n) is 9.48. The van der Waals surface area contributed by atoms with Crippen molar-refractivity contribution in [3.63, 3.8) is 0 Å². The number of benzene rings is 1. The van der Waals surface area contributed by atoms with Crippen LogP contribution in [0.5, 0.6) is 11.5 Å². The molecule has 0 bridgehead atoms. The van der Waals surface area contributed by atoms with E-state index in [0.717, 1.165) is 31.4 Å². The number of ether oxygens (including phenoxy) is 2. The number of nitrogens with zero attached hydrogens (tertiary/aromatic N) is 3. The second-order valence-corrected chi connectivity index (χ2v) is 7.48. The number of nitrogens with two attached hydrogens (primary N) is 1. The van der Waals surface area contributed by atoms with Gasteiger partial charge in [0.2, 0.25) is 11.8 Å². The van der Waals surface area contributed by atoms with E-state index in [9.17, 15) is 4.79 Å². The van der Waals surface area contributed by atoms with E-state index in [0.29, 0.717) is 49.4 Å². The number of carbonyl (C=O) groups is 1. The van der Waals surface area contributed by atoms with Crippen molar-refractivity contribution in [2.45, 2.75) is 43.6 Å². The van der Waals surface area contributed by atoms with Crippen LogP contribution >= 0.6 is 12.4 Å². The molecule has 1 aliphatic carbocycles. The number of fused-ring (bicyclic) bond motifs is 1. The molecular formula is C19H23ClN4O4. The van der Waals surface area contributed by atoms with E-state index in [-0.39, 0.29) is 18.3 Å². The number of anilines is 1. The summed E-state index contributed by atoms with van der Waals surface area (Å²) in [5, 5.41) is 4.09. The summed E-state index contributed by atoms with van der Waals surface area (Å²) >= 11 is 0. The van der Waals surface area contributed by atoms with Crippen LogP contribution in [0, 0.1) is 0 Å². The zero-order valence-electron chi connectivity index (χ0n) is 15.4. The molecule has 1 saturated heterocycles. The lowest BCUT2D eigenvalue weighted by Gasteiger charge is -2.22. The molecule has 3 aliphatic rings. The third-order valence-electron chi connectivity index (χ3n) is 5.72. The largest absolute Gasteiger partial charge is 0.486 e. The number of hydrogen-bond donors (Lipinski definition) is 1. The Bertz CT molecular complexity index is 881. The van der Waals surface area contributed by atoms with Crippen LogP contribution in [0.3, 0.4) is 0 Å². The minimum atomic E-state index is -0.515. The van der Waals surface area contributed by atoms with Crippen LogP contribution in [0.4, 0.5) is 5.69 Å². The number of hydrogen-bond acceptors (Lipinski definition) is 7. The lowest BCUT2D eigenvalue weighted by Crippen LogP contribution is -2.34. The molecule has 2 N–H and O–H groups in total. The first-order chi connectivity index (χ1) is 13.1. The summed E-state index contributed by atoms with van der Waals surface area (Å²) in [5.41, 5.74) is 6.68. The van der Waals surface area contributed by atoms with Crippen LogP contribution in [0.2, 0.25) is 0 Å². The highest BCUT2D eigenvalue weighted by molar-refractivity contribution is 6.00. The van der Waals surface area contributed by atoms with Crippen molar-refractivity contribution in [1.29, 1.82) is 0 Å². The number of rotatable bonds is 3. The van der Waals surface area contributed by atoms with Crippen molar-refractivity contribution in [3.8, 4) is 11.5 Å². The Morgan fingerprint density at radius 1 is 1.14 bits per heavy atom. The molecule has 8 nitrogen and oxygen atoms in total. The Hall–Kier alpha value is -2.32. The van der Waals surface area contributed by atoms with Gasteiger partial charge in [-0.25, -0.2) is 0 Å². The lowest BCUT2D eigenvalue weighted by molar-refractivity contribution is -0.118. The molecule has 1 atom stereocenters. The second-order valence-electron chi connectivity index (χ2n) is 7.48. The fraction of sp³-hybridized carbons (Fsp3) is 0.526. The second kappa shape index (κ2) is 7.25. The molecule has 1 aromatic heterocycles. The van der Waals surface area contributed by atoms with Gasteiger partial charge >= 0.3 is 0 Å². The van der Waals surface area contributed by atoms with Crippen LogP contribution in [-0.4, -0.2) is 35.8 Å². The molecule has 1 saturated carbocycles. The fourth-order valence-electron chi connectivity index (χ4n) is 4.17. The van der Waals surface area contributed by atoms with Gasteiger partial charge in [-0.15, -0.1) is 12.4 Å². The Morgan fingerprint density at radius 2 is 1.89 bits per heavy atom. The molecule has 2 fully saturated rings. The summed E-state index contributed by atoms with van der Waals surface area (Å²) in [4.78, 5) is 19.2. The van der Waals surface area contributed by atoms with Gasteiger partial charge in [0.05, 0.1) is 5.54 Å². The smallest absolute Gasteiger partial charge is 0.239 e. The van der Waals surface area contributed by atoms with E-state index in [1.54, 1.807) is 4.90 Å². The summed E-state index contributed by atoms with van der Waals surface area (Å²) in [7, 11) is 0. The van der Waals surface area contributed by atoms with Gasteiger partial charge in [-0.05, 0) is 31.4 Å². The molecule has 3 heterocycles. The van der Waals surface area contributed by atoms with Crippen molar-refractivity contribution in [3.05, 3.63) is 29.9 Å². The SMILES string of the molecule is Cl.NC1(c2noc(C3CCN(c4ccc5c(c4)OCCO5)C3=O)n2)CCCC1. The summed E-state index contributed by atoms with van der Waals surface area (Å²) < 4.78 is 16.6. The van der Waals surface area contributed by atoms with Crippen LogP contribution < -0.4 is 20.1 Å². The predicted octanol–water partition coefficient (Wildman–Crippen LogP) is 2.51. The highest BCUT2D eigenvalue weighted by Gasteiger charge is 2.41. The third-order valence-corrected chi connectivity index (χ3v) is 5.72. The molecular weight excluding hydrogens is 384 g/mol. The lowest BCUT2D eigenvalue weighted by atomic mass is 9.98. The van der Waals surface area contributed by atoms with Crippen LogP contribution in [-0.2, 0) is 10.3 Å². The Labute approximate surface area is 168 Å². The predicted molar refractivity (Wildman–Crippen MR) is 103 cm³/mol. The summed E-state index contributed by atoms with van der Waals surface area (Å²) in [6.07, 6.45) is 4.48. The van der Waals surface area contributed by atoms with Crippen molar-refractivity contribution in [2.24, 2.45) is 5.73 Å².